The lowest BCUT2D eigenvalue weighted by Gasteiger charge is -2.09. The Morgan fingerprint density at radius 1 is 0.808 bits per heavy atom. The molecule has 26 heavy (non-hydrogen) atoms. The van der Waals surface area contributed by atoms with Gasteiger partial charge in [0.25, 0.3) is 0 Å². The number of hydrogen-bond donors (Lipinski definition) is 0. The molecule has 0 spiro atoms. The quantitative estimate of drug-likeness (QED) is 0.437. The van der Waals surface area contributed by atoms with Crippen molar-refractivity contribution in [3.05, 3.63) is 72.8 Å². The second kappa shape index (κ2) is 7.51. The van der Waals surface area contributed by atoms with E-state index in [0.717, 1.165) is 44.2 Å². The van der Waals surface area contributed by atoms with E-state index in [1.54, 1.807) is 0 Å². The van der Waals surface area contributed by atoms with Crippen molar-refractivity contribution in [2.75, 3.05) is 11.5 Å². The van der Waals surface area contributed by atoms with Crippen LogP contribution in [0.25, 0.3) is 46.2 Å². The summed E-state index contributed by atoms with van der Waals surface area (Å²) in [7, 11) is 3.19. The summed E-state index contributed by atoms with van der Waals surface area (Å²) >= 11 is 0. The smallest absolute Gasteiger partial charge is 0.312 e. The average Bonchev–Trinajstić information content (AvgIpc) is 2.83. The van der Waals surface area contributed by atoms with Crippen LogP contribution in [-0.2, 0) is 0 Å². The van der Waals surface area contributed by atoms with Gasteiger partial charge in [0.15, 0.2) is 0 Å². The predicted molar refractivity (Wildman–Crippen MR) is 121 cm³/mol. The van der Waals surface area contributed by atoms with E-state index in [1.165, 1.54) is 0 Å². The van der Waals surface area contributed by atoms with Crippen molar-refractivity contribution >= 4 is 63.8 Å². The molecule has 0 amide bonds. The molecular formula is C21H21NO2P2. The molecule has 132 valence electrons. The summed E-state index contributed by atoms with van der Waals surface area (Å²) in [6, 6.07) is 7.87. The molecule has 0 aliphatic carbocycles. The van der Waals surface area contributed by atoms with Crippen LogP contribution in [0.5, 0.6) is 0 Å². The van der Waals surface area contributed by atoms with Crippen LogP contribution >= 0.6 is 17.6 Å². The molecule has 0 N–H and O–H groups in total. The molecule has 2 aromatic carbocycles. The lowest BCUT2D eigenvalue weighted by Crippen LogP contribution is -1.91. The summed E-state index contributed by atoms with van der Waals surface area (Å²) in [6.45, 7) is 15.9. The lowest BCUT2D eigenvalue weighted by atomic mass is 9.94. The van der Waals surface area contributed by atoms with Gasteiger partial charge in [0, 0.05) is 17.8 Å². The first-order valence-corrected chi connectivity index (χ1v) is 9.68. The molecule has 3 nitrogen and oxygen atoms in total. The SMILES string of the molecule is C=Cc1ccc2op(N(C)P)oc3ccc(C=C)c(C=C)c3c2c1C=C. The third-order valence-corrected chi connectivity index (χ3v) is 5.98. The van der Waals surface area contributed by atoms with Gasteiger partial charge in [0.2, 0.25) is 0 Å². The molecule has 0 radical (unpaired) electrons. The highest BCUT2D eigenvalue weighted by atomic mass is 31.2. The van der Waals surface area contributed by atoms with Crippen LogP contribution in [0, 0.1) is 0 Å². The second-order valence-corrected chi connectivity index (χ2v) is 8.37. The summed E-state index contributed by atoms with van der Waals surface area (Å²) in [4.78, 5) is 0. The Balaban J connectivity index is 2.77. The highest BCUT2D eigenvalue weighted by molar-refractivity contribution is 7.50. The Morgan fingerprint density at radius 3 is 1.54 bits per heavy atom. The zero-order chi connectivity index (χ0) is 18.8. The maximum Gasteiger partial charge on any atom is 0.312 e. The van der Waals surface area contributed by atoms with E-state index in [4.69, 9.17) is 8.39 Å². The van der Waals surface area contributed by atoms with Crippen LogP contribution in [0.4, 0.5) is 0 Å². The second-order valence-electron chi connectivity index (χ2n) is 5.69. The van der Waals surface area contributed by atoms with Crippen LogP contribution in [0.1, 0.15) is 22.3 Å². The molecule has 3 rings (SSSR count). The van der Waals surface area contributed by atoms with E-state index < -0.39 is 8.16 Å². The van der Waals surface area contributed by atoms with Gasteiger partial charge in [-0.05, 0) is 34.4 Å². The van der Waals surface area contributed by atoms with Gasteiger partial charge in [-0.15, -0.1) is 0 Å². The Kier molecular flexibility index (Phi) is 5.34. The van der Waals surface area contributed by atoms with Crippen molar-refractivity contribution in [1.82, 2.24) is 0 Å². The predicted octanol–water partition coefficient (Wildman–Crippen LogP) is 7.22. The zero-order valence-electron chi connectivity index (χ0n) is 14.7. The van der Waals surface area contributed by atoms with E-state index in [9.17, 15) is 0 Å². The summed E-state index contributed by atoms with van der Waals surface area (Å²) in [6.07, 6.45) is 7.29. The molecule has 0 aliphatic heterocycles. The molecule has 0 saturated carbocycles. The molecule has 1 unspecified atom stereocenters. The Morgan fingerprint density at radius 2 is 1.23 bits per heavy atom. The van der Waals surface area contributed by atoms with Gasteiger partial charge < -0.3 is 8.39 Å². The van der Waals surface area contributed by atoms with Crippen molar-refractivity contribution in [2.24, 2.45) is 0 Å². The van der Waals surface area contributed by atoms with Gasteiger partial charge >= 0.3 is 8.16 Å². The normalized spacial score (nSPS) is 10.9. The minimum absolute atomic E-state index is 0.744. The van der Waals surface area contributed by atoms with Gasteiger partial charge in [0.05, 0.1) is 0 Å². The van der Waals surface area contributed by atoms with Crippen molar-refractivity contribution in [3.8, 4) is 0 Å². The molecule has 0 bridgehead atoms. The van der Waals surface area contributed by atoms with Crippen LogP contribution in [-0.4, -0.2) is 7.05 Å². The largest absolute Gasteiger partial charge is 0.408 e. The van der Waals surface area contributed by atoms with E-state index in [2.05, 4.69) is 35.7 Å². The number of fused-ring (bicyclic) bond motifs is 3. The van der Waals surface area contributed by atoms with Crippen LogP contribution < -0.4 is 4.44 Å². The molecular weight excluding hydrogens is 360 g/mol. The standard InChI is InChI=1S/C21H21NO2P2/c1-6-14-10-12-18-20(16(14)8-3)21-17(9-4)15(7-2)11-13-19(21)24-26(23-18)22(5)25/h6-13H,1-4,25H2,5H3. The molecule has 0 fully saturated rings. The zero-order valence-corrected chi connectivity index (χ0v) is 16.8. The molecule has 1 heterocycles. The van der Waals surface area contributed by atoms with Gasteiger partial charge in [-0.2, -0.15) is 4.44 Å². The fourth-order valence-corrected chi connectivity index (χ4v) is 4.23. The average molecular weight is 381 g/mol. The fraction of sp³-hybridized carbons (Fsp3) is 0.0476. The van der Waals surface area contributed by atoms with Crippen molar-refractivity contribution in [2.45, 2.75) is 0 Å². The molecule has 5 heteroatoms. The number of rotatable bonds is 5. The van der Waals surface area contributed by atoms with Crippen LogP contribution in [0.3, 0.4) is 0 Å². The summed E-state index contributed by atoms with van der Waals surface area (Å²) in [5.41, 5.74) is 5.36. The first-order valence-electron chi connectivity index (χ1n) is 8.04. The van der Waals surface area contributed by atoms with Gasteiger partial charge in [-0.3, -0.25) is 0 Å². The Hall–Kier alpha value is -2.31. The highest BCUT2D eigenvalue weighted by Gasteiger charge is 2.15. The minimum atomic E-state index is -1.32. The van der Waals surface area contributed by atoms with E-state index in [-0.39, 0.29) is 0 Å². The van der Waals surface area contributed by atoms with E-state index >= 15 is 0 Å². The number of hydrogen-bond acceptors (Lipinski definition) is 3. The van der Waals surface area contributed by atoms with Crippen molar-refractivity contribution in [3.63, 3.8) is 0 Å². The third-order valence-electron chi connectivity index (χ3n) is 4.19. The maximum atomic E-state index is 6.22. The lowest BCUT2D eigenvalue weighted by molar-refractivity contribution is 0.641. The van der Waals surface area contributed by atoms with Crippen molar-refractivity contribution in [1.29, 1.82) is 0 Å². The first kappa shape index (κ1) is 18.5. The molecule has 0 aliphatic rings. The minimum Gasteiger partial charge on any atom is -0.408 e. The monoisotopic (exact) mass is 381 g/mol. The summed E-state index contributed by atoms with van der Waals surface area (Å²) < 4.78 is 14.3. The summed E-state index contributed by atoms with van der Waals surface area (Å²) in [5, 5.41) is 1.87. The van der Waals surface area contributed by atoms with Gasteiger partial charge in [0.1, 0.15) is 11.2 Å². The first-order chi connectivity index (χ1) is 12.5. The maximum absolute atomic E-state index is 6.22. The fourth-order valence-electron chi connectivity index (χ4n) is 3.01. The molecule has 1 atom stereocenters. The molecule has 0 saturated heterocycles. The third kappa shape index (κ3) is 2.99. The highest BCUT2D eigenvalue weighted by Crippen LogP contribution is 2.41. The summed E-state index contributed by atoms with van der Waals surface area (Å²) in [5.74, 6) is 0. The van der Waals surface area contributed by atoms with Crippen LogP contribution in [0.2, 0.25) is 0 Å². The Bertz CT molecular complexity index is 1010. The van der Waals surface area contributed by atoms with Gasteiger partial charge in [-0.25, -0.2) is 0 Å². The topological polar surface area (TPSA) is 29.5 Å². The number of benzene rings is 2. The van der Waals surface area contributed by atoms with E-state index in [1.807, 2.05) is 60.1 Å². The van der Waals surface area contributed by atoms with Crippen LogP contribution in [0.15, 0.2) is 59.0 Å². The Labute approximate surface area is 156 Å². The molecule has 3 aromatic rings. The van der Waals surface area contributed by atoms with Crippen molar-refractivity contribution < 1.29 is 8.39 Å². The van der Waals surface area contributed by atoms with Gasteiger partial charge in [-0.1, -0.05) is 72.1 Å². The molecule has 1 aromatic heterocycles. The van der Waals surface area contributed by atoms with E-state index in [0.29, 0.717) is 0 Å². The number of nitrogens with zero attached hydrogens (tertiary/aromatic N) is 1.